The summed E-state index contributed by atoms with van der Waals surface area (Å²) in [6, 6.07) is 0. The van der Waals surface area contributed by atoms with E-state index in [0.717, 1.165) is 5.75 Å². The summed E-state index contributed by atoms with van der Waals surface area (Å²) in [5, 5.41) is 9.23. The van der Waals surface area contributed by atoms with E-state index < -0.39 is 0 Å². The highest BCUT2D eigenvalue weighted by molar-refractivity contribution is 8.00. The van der Waals surface area contributed by atoms with Gasteiger partial charge in [0.25, 0.3) is 0 Å². The molecule has 0 bridgehead atoms. The lowest BCUT2D eigenvalue weighted by molar-refractivity contribution is 0.322. The van der Waals surface area contributed by atoms with Crippen molar-refractivity contribution in [2.45, 2.75) is 24.5 Å². The number of allylic oxidation sites excluding steroid dienone is 1. The van der Waals surface area contributed by atoms with Crippen molar-refractivity contribution in [3.63, 3.8) is 0 Å². The molecule has 0 spiro atoms. The second-order valence-corrected chi connectivity index (χ2v) is 3.84. The van der Waals surface area contributed by atoms with Crippen molar-refractivity contribution in [3.05, 3.63) is 12.2 Å². The normalized spacial score (nSPS) is 25.1. The molecule has 1 aliphatic carbocycles. The largest absolute Gasteiger partial charge is 0.396 e. The summed E-state index contributed by atoms with van der Waals surface area (Å²) in [6.45, 7) is 0.314. The van der Waals surface area contributed by atoms with Crippen LogP contribution in [-0.4, -0.2) is 22.7 Å². The first-order valence-corrected chi connectivity index (χ1v) is 4.87. The van der Waals surface area contributed by atoms with Crippen LogP contribution in [0.4, 0.5) is 0 Å². The first-order chi connectivity index (χ1) is 4.93. The molecular weight excluding hydrogens is 144 g/mol. The molecule has 2 heteroatoms. The molecule has 0 saturated carbocycles. The quantitative estimate of drug-likeness (QED) is 0.632. The van der Waals surface area contributed by atoms with E-state index in [1.165, 1.54) is 19.3 Å². The third-order valence-electron chi connectivity index (χ3n) is 1.63. The Kier molecular flexibility index (Phi) is 3.91. The molecule has 0 saturated heterocycles. The first kappa shape index (κ1) is 8.15. The van der Waals surface area contributed by atoms with Crippen LogP contribution in [0.3, 0.4) is 0 Å². The van der Waals surface area contributed by atoms with Crippen LogP contribution in [0.15, 0.2) is 12.2 Å². The number of hydrogen-bond acceptors (Lipinski definition) is 2. The van der Waals surface area contributed by atoms with Gasteiger partial charge in [-0.2, -0.15) is 11.8 Å². The van der Waals surface area contributed by atoms with Gasteiger partial charge >= 0.3 is 0 Å². The third kappa shape index (κ3) is 2.76. The molecule has 0 aliphatic heterocycles. The van der Waals surface area contributed by atoms with Gasteiger partial charge < -0.3 is 5.11 Å². The number of aliphatic hydroxyl groups is 1. The first-order valence-electron chi connectivity index (χ1n) is 3.82. The standard InChI is InChI=1S/C8H14OS/c9-6-7-10-8-4-2-1-3-5-8/h2,4,8-9H,1,3,5-7H2. The van der Waals surface area contributed by atoms with E-state index in [2.05, 4.69) is 12.2 Å². The van der Waals surface area contributed by atoms with Crippen LogP contribution in [0, 0.1) is 0 Å². The van der Waals surface area contributed by atoms with Gasteiger partial charge in [0, 0.05) is 11.0 Å². The van der Waals surface area contributed by atoms with Crippen LogP contribution in [0.1, 0.15) is 19.3 Å². The maximum Gasteiger partial charge on any atom is 0.0521 e. The van der Waals surface area contributed by atoms with Crippen LogP contribution >= 0.6 is 11.8 Å². The van der Waals surface area contributed by atoms with Crippen LogP contribution < -0.4 is 0 Å². The average molecular weight is 158 g/mol. The maximum absolute atomic E-state index is 8.55. The maximum atomic E-state index is 8.55. The topological polar surface area (TPSA) is 20.2 Å². The SMILES string of the molecule is OCCSC1C=CCCC1. The van der Waals surface area contributed by atoms with E-state index in [4.69, 9.17) is 5.11 Å². The number of rotatable bonds is 3. The Labute approximate surface area is 66.5 Å². The Morgan fingerprint density at radius 1 is 1.60 bits per heavy atom. The summed E-state index contributed by atoms with van der Waals surface area (Å²) in [7, 11) is 0. The smallest absolute Gasteiger partial charge is 0.0521 e. The molecule has 0 amide bonds. The minimum Gasteiger partial charge on any atom is -0.396 e. The summed E-state index contributed by atoms with van der Waals surface area (Å²) in [5.41, 5.74) is 0. The highest BCUT2D eigenvalue weighted by Gasteiger charge is 2.06. The molecule has 0 radical (unpaired) electrons. The van der Waals surface area contributed by atoms with Crippen molar-refractivity contribution in [1.82, 2.24) is 0 Å². The molecule has 1 atom stereocenters. The van der Waals surface area contributed by atoms with Gasteiger partial charge in [0.1, 0.15) is 0 Å². The lowest BCUT2D eigenvalue weighted by Crippen LogP contribution is -2.04. The lowest BCUT2D eigenvalue weighted by Gasteiger charge is -2.14. The molecular formula is C8H14OS. The third-order valence-corrected chi connectivity index (χ3v) is 2.87. The zero-order valence-electron chi connectivity index (χ0n) is 6.12. The van der Waals surface area contributed by atoms with Crippen molar-refractivity contribution in [2.75, 3.05) is 12.4 Å². The zero-order valence-corrected chi connectivity index (χ0v) is 6.94. The number of hydrogen-bond donors (Lipinski definition) is 1. The highest BCUT2D eigenvalue weighted by Crippen LogP contribution is 2.22. The highest BCUT2D eigenvalue weighted by atomic mass is 32.2. The molecule has 1 rings (SSSR count). The Morgan fingerprint density at radius 3 is 3.10 bits per heavy atom. The van der Waals surface area contributed by atoms with Crippen LogP contribution in [0.5, 0.6) is 0 Å². The monoisotopic (exact) mass is 158 g/mol. The molecule has 1 N–H and O–H groups in total. The van der Waals surface area contributed by atoms with Crippen molar-refractivity contribution < 1.29 is 5.11 Å². The van der Waals surface area contributed by atoms with Gasteiger partial charge in [0.2, 0.25) is 0 Å². The van der Waals surface area contributed by atoms with Gasteiger partial charge in [0.15, 0.2) is 0 Å². The molecule has 1 unspecified atom stereocenters. The van der Waals surface area contributed by atoms with Crippen molar-refractivity contribution in [2.24, 2.45) is 0 Å². The molecule has 10 heavy (non-hydrogen) atoms. The van der Waals surface area contributed by atoms with Crippen molar-refractivity contribution in [1.29, 1.82) is 0 Å². The summed E-state index contributed by atoms with van der Waals surface area (Å²) in [5.74, 6) is 0.884. The minimum absolute atomic E-state index is 0.314. The van der Waals surface area contributed by atoms with Gasteiger partial charge in [-0.25, -0.2) is 0 Å². The Bertz CT molecular complexity index is 112. The Hall–Kier alpha value is 0.0500. The fraction of sp³-hybridized carbons (Fsp3) is 0.750. The molecule has 0 heterocycles. The van der Waals surface area contributed by atoms with Crippen LogP contribution in [0.25, 0.3) is 0 Å². The summed E-state index contributed by atoms with van der Waals surface area (Å²) >= 11 is 1.86. The second kappa shape index (κ2) is 4.80. The molecule has 1 nitrogen and oxygen atoms in total. The zero-order chi connectivity index (χ0) is 7.23. The minimum atomic E-state index is 0.314. The Balaban J connectivity index is 2.13. The van der Waals surface area contributed by atoms with Gasteiger partial charge in [-0.1, -0.05) is 12.2 Å². The van der Waals surface area contributed by atoms with Gasteiger partial charge in [-0.15, -0.1) is 0 Å². The van der Waals surface area contributed by atoms with Gasteiger partial charge in [-0.3, -0.25) is 0 Å². The summed E-state index contributed by atoms with van der Waals surface area (Å²) in [4.78, 5) is 0. The van der Waals surface area contributed by atoms with Gasteiger partial charge in [0.05, 0.1) is 6.61 Å². The fourth-order valence-corrected chi connectivity index (χ4v) is 2.09. The van der Waals surface area contributed by atoms with Crippen LogP contribution in [-0.2, 0) is 0 Å². The number of aliphatic hydroxyl groups excluding tert-OH is 1. The Morgan fingerprint density at radius 2 is 2.50 bits per heavy atom. The lowest BCUT2D eigenvalue weighted by atomic mass is 10.1. The molecule has 0 fully saturated rings. The second-order valence-electron chi connectivity index (χ2n) is 2.49. The van der Waals surface area contributed by atoms with E-state index in [0.29, 0.717) is 11.9 Å². The fourth-order valence-electron chi connectivity index (χ4n) is 1.12. The van der Waals surface area contributed by atoms with Crippen LogP contribution in [0.2, 0.25) is 0 Å². The average Bonchev–Trinajstić information content (AvgIpc) is 2.03. The van der Waals surface area contributed by atoms with E-state index in [1.54, 1.807) is 0 Å². The molecule has 0 aromatic carbocycles. The van der Waals surface area contributed by atoms with Gasteiger partial charge in [-0.05, 0) is 19.3 Å². The van der Waals surface area contributed by atoms with E-state index in [1.807, 2.05) is 11.8 Å². The predicted molar refractivity (Wildman–Crippen MR) is 46.3 cm³/mol. The van der Waals surface area contributed by atoms with Crippen molar-refractivity contribution >= 4 is 11.8 Å². The van der Waals surface area contributed by atoms with E-state index in [9.17, 15) is 0 Å². The van der Waals surface area contributed by atoms with E-state index >= 15 is 0 Å². The molecule has 0 aromatic heterocycles. The molecule has 58 valence electrons. The summed E-state index contributed by atoms with van der Waals surface area (Å²) < 4.78 is 0. The molecule has 1 aliphatic rings. The van der Waals surface area contributed by atoms with E-state index in [-0.39, 0.29) is 0 Å². The predicted octanol–water partition coefficient (Wildman–Crippen LogP) is 1.82. The number of thioether (sulfide) groups is 1. The molecule has 0 aromatic rings. The van der Waals surface area contributed by atoms with Crippen molar-refractivity contribution in [3.8, 4) is 0 Å². The summed E-state index contributed by atoms with van der Waals surface area (Å²) in [6.07, 6.45) is 8.37.